The fourth-order valence-electron chi connectivity index (χ4n) is 2.49. The largest absolute Gasteiger partial charge is 0.484 e. The lowest BCUT2D eigenvalue weighted by Crippen LogP contribution is -2.45. The minimum Gasteiger partial charge on any atom is -0.484 e. The zero-order chi connectivity index (χ0) is 16.2. The highest BCUT2D eigenvalue weighted by atomic mass is 16.5. The zero-order valence-corrected chi connectivity index (χ0v) is 13.2. The maximum atomic E-state index is 12.5. The van der Waals surface area contributed by atoms with Gasteiger partial charge in [0, 0.05) is 13.5 Å². The number of morpholine rings is 1. The van der Waals surface area contributed by atoms with E-state index in [0.717, 1.165) is 5.56 Å². The molecule has 0 aliphatic carbocycles. The molecule has 1 fully saturated rings. The molecule has 0 N–H and O–H groups in total. The van der Waals surface area contributed by atoms with Crippen LogP contribution in [0, 0.1) is 13.8 Å². The number of benzene rings is 1. The molecule has 3 rings (SSSR count). The minimum atomic E-state index is -0.362. The maximum absolute atomic E-state index is 12.5. The predicted molar refractivity (Wildman–Crippen MR) is 81.0 cm³/mol. The Hall–Kier alpha value is -2.41. The van der Waals surface area contributed by atoms with Gasteiger partial charge < -0.3 is 18.8 Å². The van der Waals surface area contributed by atoms with E-state index in [9.17, 15) is 4.79 Å². The van der Waals surface area contributed by atoms with Gasteiger partial charge in [-0.1, -0.05) is 12.1 Å². The molecule has 1 amide bonds. The smallest absolute Gasteiger partial charge is 0.261 e. The Balaban J connectivity index is 1.66. The lowest BCUT2D eigenvalue weighted by Gasteiger charge is -2.33. The van der Waals surface area contributed by atoms with E-state index in [-0.39, 0.29) is 18.6 Å². The van der Waals surface area contributed by atoms with Gasteiger partial charge in [-0.3, -0.25) is 4.79 Å². The number of amides is 1. The maximum Gasteiger partial charge on any atom is 0.261 e. The molecule has 0 radical (unpaired) electrons. The topological polar surface area (TPSA) is 77.7 Å². The number of aromatic nitrogens is 2. The molecule has 1 saturated heterocycles. The van der Waals surface area contributed by atoms with E-state index in [1.807, 2.05) is 31.2 Å². The summed E-state index contributed by atoms with van der Waals surface area (Å²) < 4.78 is 16.5. The van der Waals surface area contributed by atoms with Gasteiger partial charge in [0.1, 0.15) is 11.8 Å². The first-order chi connectivity index (χ1) is 11.1. The van der Waals surface area contributed by atoms with Gasteiger partial charge in [-0.05, 0) is 24.6 Å². The van der Waals surface area contributed by atoms with Crippen molar-refractivity contribution in [2.45, 2.75) is 19.9 Å². The zero-order valence-electron chi connectivity index (χ0n) is 13.2. The van der Waals surface area contributed by atoms with Crippen molar-refractivity contribution >= 4 is 5.91 Å². The highest BCUT2D eigenvalue weighted by molar-refractivity contribution is 5.78. The summed E-state index contributed by atoms with van der Waals surface area (Å²) in [4.78, 5) is 14.2. The molecule has 0 spiro atoms. The van der Waals surface area contributed by atoms with E-state index < -0.39 is 0 Å². The molecule has 0 unspecified atom stereocenters. The van der Waals surface area contributed by atoms with Crippen molar-refractivity contribution in [3.05, 3.63) is 41.6 Å². The molecule has 2 heterocycles. The second kappa shape index (κ2) is 6.78. The number of nitrogens with zero attached hydrogens (tertiary/aromatic N) is 3. The fourth-order valence-corrected chi connectivity index (χ4v) is 2.49. The van der Waals surface area contributed by atoms with Crippen molar-refractivity contribution in [3.63, 3.8) is 0 Å². The summed E-state index contributed by atoms with van der Waals surface area (Å²) >= 11 is 0. The first-order valence-corrected chi connectivity index (χ1v) is 7.50. The van der Waals surface area contributed by atoms with Crippen molar-refractivity contribution in [3.8, 4) is 5.75 Å². The highest BCUT2D eigenvalue weighted by Crippen LogP contribution is 2.23. The number of ether oxygens (including phenoxy) is 2. The van der Waals surface area contributed by atoms with E-state index in [2.05, 4.69) is 10.2 Å². The summed E-state index contributed by atoms with van der Waals surface area (Å²) in [6, 6.07) is 7.24. The average Bonchev–Trinajstić information content (AvgIpc) is 2.99. The lowest BCUT2D eigenvalue weighted by molar-refractivity contribution is -0.143. The standard InChI is InChI=1S/C16H19N3O4/c1-11-4-3-5-13(8-11)22-10-15(20)19-6-7-21-9-14(19)16-18-17-12(2)23-16/h3-5,8,14H,6-7,9-10H2,1-2H3/t14-/m0/s1. The number of aryl methyl sites for hydroxylation is 2. The Morgan fingerprint density at radius 1 is 1.39 bits per heavy atom. The predicted octanol–water partition coefficient (Wildman–Crippen LogP) is 1.67. The van der Waals surface area contributed by atoms with Crippen molar-refractivity contribution in [1.82, 2.24) is 15.1 Å². The van der Waals surface area contributed by atoms with Crippen LogP contribution in [-0.2, 0) is 9.53 Å². The van der Waals surface area contributed by atoms with Crippen molar-refractivity contribution in [2.75, 3.05) is 26.4 Å². The van der Waals surface area contributed by atoms with Gasteiger partial charge >= 0.3 is 0 Å². The van der Waals surface area contributed by atoms with Crippen LogP contribution >= 0.6 is 0 Å². The molecule has 2 aromatic rings. The van der Waals surface area contributed by atoms with E-state index in [1.54, 1.807) is 11.8 Å². The molecule has 122 valence electrons. The summed E-state index contributed by atoms with van der Waals surface area (Å²) in [5.74, 6) is 1.41. The number of hydrogen-bond donors (Lipinski definition) is 0. The Labute approximate surface area is 134 Å². The van der Waals surface area contributed by atoms with Gasteiger partial charge in [-0.25, -0.2) is 0 Å². The Bertz CT molecular complexity index is 685. The number of carbonyl (C=O) groups excluding carboxylic acids is 1. The summed E-state index contributed by atoms with van der Waals surface area (Å²) in [5, 5.41) is 7.82. The molecule has 7 heteroatoms. The SMILES string of the molecule is Cc1cccc(OCC(=O)N2CCOC[C@H]2c2nnc(C)o2)c1. The normalized spacial score (nSPS) is 18.0. The van der Waals surface area contributed by atoms with Crippen molar-refractivity contribution in [1.29, 1.82) is 0 Å². The van der Waals surface area contributed by atoms with Crippen LogP contribution in [0.25, 0.3) is 0 Å². The summed E-state index contributed by atoms with van der Waals surface area (Å²) in [6.07, 6.45) is 0. The van der Waals surface area contributed by atoms with Crippen LogP contribution in [0.5, 0.6) is 5.75 Å². The molecule has 0 saturated carbocycles. The van der Waals surface area contributed by atoms with Crippen LogP contribution in [0.1, 0.15) is 23.4 Å². The third-order valence-corrected chi connectivity index (χ3v) is 3.63. The van der Waals surface area contributed by atoms with Gasteiger partial charge in [0.05, 0.1) is 13.2 Å². The molecule has 0 bridgehead atoms. The third kappa shape index (κ3) is 3.68. The van der Waals surface area contributed by atoms with Crippen LogP contribution in [0.3, 0.4) is 0 Å². The van der Waals surface area contributed by atoms with Crippen LogP contribution in [0.15, 0.2) is 28.7 Å². The molecule has 7 nitrogen and oxygen atoms in total. The molecule has 1 aromatic carbocycles. The molecular weight excluding hydrogens is 298 g/mol. The third-order valence-electron chi connectivity index (χ3n) is 3.63. The van der Waals surface area contributed by atoms with Crippen LogP contribution in [0.4, 0.5) is 0 Å². The number of carbonyl (C=O) groups is 1. The first kappa shape index (κ1) is 15.5. The van der Waals surface area contributed by atoms with Gasteiger partial charge in [-0.2, -0.15) is 0 Å². The molecular formula is C16H19N3O4. The Morgan fingerprint density at radius 2 is 2.26 bits per heavy atom. The van der Waals surface area contributed by atoms with Crippen molar-refractivity contribution in [2.24, 2.45) is 0 Å². The van der Waals surface area contributed by atoms with E-state index in [1.165, 1.54) is 0 Å². The summed E-state index contributed by atoms with van der Waals surface area (Å²) in [6.45, 7) is 4.96. The van der Waals surface area contributed by atoms with Crippen LogP contribution < -0.4 is 4.74 Å². The fraction of sp³-hybridized carbons (Fsp3) is 0.438. The van der Waals surface area contributed by atoms with E-state index in [0.29, 0.717) is 37.3 Å². The van der Waals surface area contributed by atoms with Crippen molar-refractivity contribution < 1.29 is 18.7 Å². The second-order valence-electron chi connectivity index (χ2n) is 5.44. The van der Waals surface area contributed by atoms with E-state index in [4.69, 9.17) is 13.9 Å². The quantitative estimate of drug-likeness (QED) is 0.853. The van der Waals surface area contributed by atoms with Gasteiger partial charge in [0.25, 0.3) is 5.91 Å². The van der Waals surface area contributed by atoms with Gasteiger partial charge in [0.15, 0.2) is 6.61 Å². The lowest BCUT2D eigenvalue weighted by atomic mass is 10.2. The van der Waals surface area contributed by atoms with Gasteiger partial charge in [0.2, 0.25) is 11.8 Å². The van der Waals surface area contributed by atoms with Crippen LogP contribution in [0.2, 0.25) is 0 Å². The molecule has 23 heavy (non-hydrogen) atoms. The van der Waals surface area contributed by atoms with Gasteiger partial charge in [-0.15, -0.1) is 10.2 Å². The summed E-state index contributed by atoms with van der Waals surface area (Å²) in [5.41, 5.74) is 1.08. The number of hydrogen-bond acceptors (Lipinski definition) is 6. The highest BCUT2D eigenvalue weighted by Gasteiger charge is 2.32. The molecule has 1 aliphatic rings. The molecule has 1 aromatic heterocycles. The number of rotatable bonds is 4. The minimum absolute atomic E-state index is 0.0347. The Morgan fingerprint density at radius 3 is 3.00 bits per heavy atom. The monoisotopic (exact) mass is 317 g/mol. The Kier molecular flexibility index (Phi) is 4.57. The molecule has 1 aliphatic heterocycles. The second-order valence-corrected chi connectivity index (χ2v) is 5.44. The summed E-state index contributed by atoms with van der Waals surface area (Å²) in [7, 11) is 0. The molecule has 1 atom stereocenters. The average molecular weight is 317 g/mol. The van der Waals surface area contributed by atoms with E-state index >= 15 is 0 Å². The van der Waals surface area contributed by atoms with Crippen LogP contribution in [-0.4, -0.2) is 47.4 Å². The first-order valence-electron chi connectivity index (χ1n) is 7.50.